The molecule has 2 aliphatic rings. The molecular formula is C45H24F2N2O3. The van der Waals surface area contributed by atoms with E-state index < -0.39 is 17.0 Å². The number of halogens is 2. The van der Waals surface area contributed by atoms with Crippen molar-refractivity contribution in [3.63, 3.8) is 0 Å². The molecule has 7 aromatic carbocycles. The van der Waals surface area contributed by atoms with Crippen LogP contribution in [0.5, 0.6) is 11.5 Å². The van der Waals surface area contributed by atoms with E-state index in [0.29, 0.717) is 45.1 Å². The molecule has 0 unspecified atom stereocenters. The highest BCUT2D eigenvalue weighted by molar-refractivity contribution is 5.97. The molecule has 0 fully saturated rings. The topological polar surface area (TPSA) is 61.3 Å². The number of ether oxygens (including phenoxy) is 1. The van der Waals surface area contributed by atoms with Gasteiger partial charge in [0, 0.05) is 34.4 Å². The Morgan fingerprint density at radius 1 is 0.442 bits per heavy atom. The number of rotatable bonds is 3. The maximum atomic E-state index is 14.2. The molecule has 0 radical (unpaired) electrons. The van der Waals surface area contributed by atoms with Crippen LogP contribution in [0.2, 0.25) is 0 Å². The maximum Gasteiger partial charge on any atom is 0.227 e. The lowest BCUT2D eigenvalue weighted by Gasteiger charge is -2.39. The Labute approximate surface area is 295 Å². The summed E-state index contributed by atoms with van der Waals surface area (Å²) in [6, 6.07) is 46.0. The molecule has 1 aliphatic carbocycles. The van der Waals surface area contributed by atoms with E-state index >= 15 is 0 Å². The van der Waals surface area contributed by atoms with Gasteiger partial charge < -0.3 is 13.6 Å². The van der Waals surface area contributed by atoms with Gasteiger partial charge in [-0.3, -0.25) is 0 Å². The number of hydrogen-bond donors (Lipinski definition) is 0. The molecule has 1 spiro atoms. The predicted octanol–water partition coefficient (Wildman–Crippen LogP) is 11.7. The van der Waals surface area contributed by atoms with Crippen LogP contribution < -0.4 is 4.74 Å². The normalized spacial score (nSPS) is 13.5. The minimum atomic E-state index is -0.636. The highest BCUT2D eigenvalue weighted by atomic mass is 19.1. The van der Waals surface area contributed by atoms with Crippen molar-refractivity contribution < 1.29 is 22.4 Å². The minimum absolute atomic E-state index is 0.322. The molecule has 7 heteroatoms. The predicted molar refractivity (Wildman–Crippen MR) is 195 cm³/mol. The highest BCUT2D eigenvalue weighted by Gasteiger charge is 2.51. The van der Waals surface area contributed by atoms with Gasteiger partial charge >= 0.3 is 0 Å². The molecule has 3 heterocycles. The Balaban J connectivity index is 1.20. The van der Waals surface area contributed by atoms with Crippen molar-refractivity contribution in [3.05, 3.63) is 179 Å². The molecule has 1 aliphatic heterocycles. The van der Waals surface area contributed by atoms with Gasteiger partial charge in [0.15, 0.2) is 11.2 Å². The van der Waals surface area contributed by atoms with E-state index in [2.05, 4.69) is 76.7 Å². The summed E-state index contributed by atoms with van der Waals surface area (Å²) in [6.45, 7) is 0. The molecule has 9 aromatic rings. The first-order valence-electron chi connectivity index (χ1n) is 16.9. The van der Waals surface area contributed by atoms with Crippen LogP contribution in [0.3, 0.4) is 0 Å². The van der Waals surface area contributed by atoms with Crippen LogP contribution in [0.15, 0.2) is 154 Å². The quantitative estimate of drug-likeness (QED) is 0.186. The number of aromatic nitrogens is 2. The summed E-state index contributed by atoms with van der Waals surface area (Å²) in [4.78, 5) is 9.35. The first kappa shape index (κ1) is 28.9. The van der Waals surface area contributed by atoms with Crippen molar-refractivity contribution in [1.82, 2.24) is 9.97 Å². The van der Waals surface area contributed by atoms with Gasteiger partial charge in [0.25, 0.3) is 0 Å². The summed E-state index contributed by atoms with van der Waals surface area (Å²) in [5.41, 5.74) is 10.9. The smallest absolute Gasteiger partial charge is 0.227 e. The van der Waals surface area contributed by atoms with Crippen LogP contribution in [0.4, 0.5) is 8.78 Å². The summed E-state index contributed by atoms with van der Waals surface area (Å²) >= 11 is 0. The number of hydrogen-bond acceptors (Lipinski definition) is 5. The van der Waals surface area contributed by atoms with Gasteiger partial charge in [0.2, 0.25) is 11.8 Å². The van der Waals surface area contributed by atoms with Crippen molar-refractivity contribution in [1.29, 1.82) is 0 Å². The number of para-hydroxylation sites is 2. The van der Waals surface area contributed by atoms with Gasteiger partial charge in [0.05, 0.1) is 5.41 Å². The number of benzene rings is 7. The van der Waals surface area contributed by atoms with E-state index in [1.54, 1.807) is 12.1 Å². The molecule has 11 rings (SSSR count). The largest absolute Gasteiger partial charge is 0.457 e. The van der Waals surface area contributed by atoms with E-state index in [1.165, 1.54) is 29.8 Å². The second-order valence-corrected chi connectivity index (χ2v) is 13.2. The van der Waals surface area contributed by atoms with E-state index in [1.807, 2.05) is 42.5 Å². The standard InChI is InChI=1S/C45H24F2N2O3/c46-28-16-18-40-36(23-28)48-43(51-40)26-20-25(21-27(22-26)44-49-37-24-29(47)17-19-41(37)52-44)30-9-7-13-35-42(30)31-8-1-2-10-32(31)45(35)33-11-3-5-14-38(33)50-39-15-6-4-12-34(39)45/h1-24H. The molecular weight excluding hydrogens is 655 g/mol. The van der Waals surface area contributed by atoms with Crippen molar-refractivity contribution in [3.8, 4) is 56.7 Å². The summed E-state index contributed by atoms with van der Waals surface area (Å²) in [7, 11) is 0. The fourth-order valence-electron chi connectivity index (χ4n) is 8.22. The van der Waals surface area contributed by atoms with Crippen LogP contribution in [0, 0.1) is 11.6 Å². The molecule has 0 saturated heterocycles. The van der Waals surface area contributed by atoms with Crippen molar-refractivity contribution >= 4 is 22.2 Å². The van der Waals surface area contributed by atoms with Crippen LogP contribution >= 0.6 is 0 Å². The molecule has 246 valence electrons. The van der Waals surface area contributed by atoms with E-state index in [9.17, 15) is 8.78 Å². The fraction of sp³-hybridized carbons (Fsp3) is 0.0222. The summed E-state index contributed by atoms with van der Waals surface area (Å²) in [5, 5.41) is 0. The van der Waals surface area contributed by atoms with Gasteiger partial charge in [-0.15, -0.1) is 0 Å². The zero-order valence-electron chi connectivity index (χ0n) is 27.2. The van der Waals surface area contributed by atoms with Crippen molar-refractivity contribution in [2.24, 2.45) is 0 Å². The average molecular weight is 679 g/mol. The van der Waals surface area contributed by atoms with Gasteiger partial charge in [0.1, 0.15) is 34.2 Å². The average Bonchev–Trinajstić information content (AvgIpc) is 3.88. The number of fused-ring (bicyclic) bond motifs is 11. The third-order valence-corrected chi connectivity index (χ3v) is 10.3. The minimum Gasteiger partial charge on any atom is -0.457 e. The van der Waals surface area contributed by atoms with Crippen molar-refractivity contribution in [2.45, 2.75) is 5.41 Å². The second kappa shape index (κ2) is 10.6. The lowest BCUT2D eigenvalue weighted by Crippen LogP contribution is -2.32. The van der Waals surface area contributed by atoms with E-state index in [0.717, 1.165) is 50.4 Å². The van der Waals surface area contributed by atoms with Crippen LogP contribution in [-0.4, -0.2) is 9.97 Å². The summed E-state index contributed by atoms with van der Waals surface area (Å²) in [5.74, 6) is 1.48. The molecule has 0 amide bonds. The third-order valence-electron chi connectivity index (χ3n) is 10.3. The molecule has 0 bridgehead atoms. The Kier molecular flexibility index (Phi) is 5.88. The van der Waals surface area contributed by atoms with Crippen LogP contribution in [0.25, 0.3) is 67.4 Å². The van der Waals surface area contributed by atoms with Crippen LogP contribution in [0.1, 0.15) is 22.3 Å². The van der Waals surface area contributed by atoms with Gasteiger partial charge in [-0.05, 0) is 88.0 Å². The Morgan fingerprint density at radius 3 is 1.56 bits per heavy atom. The first-order valence-corrected chi connectivity index (χ1v) is 16.9. The van der Waals surface area contributed by atoms with Gasteiger partial charge in [-0.2, -0.15) is 0 Å². The molecule has 0 N–H and O–H groups in total. The molecule has 2 aromatic heterocycles. The lowest BCUT2D eigenvalue weighted by atomic mass is 9.66. The second-order valence-electron chi connectivity index (χ2n) is 13.2. The zero-order chi connectivity index (χ0) is 34.6. The SMILES string of the molecule is Fc1ccc2oc(-c3cc(-c4nc5cc(F)ccc5o4)cc(-c4cccc5c4-c4ccccc4C54c5ccccc5Oc5ccccc54)c3)nc2c1. The summed E-state index contributed by atoms with van der Waals surface area (Å²) < 4.78 is 47.3. The molecule has 52 heavy (non-hydrogen) atoms. The van der Waals surface area contributed by atoms with E-state index in [-0.39, 0.29) is 0 Å². The molecule has 0 atom stereocenters. The Hall–Kier alpha value is -6.86. The first-order chi connectivity index (χ1) is 25.5. The lowest BCUT2D eigenvalue weighted by molar-refractivity contribution is 0.436. The van der Waals surface area contributed by atoms with Gasteiger partial charge in [-0.1, -0.05) is 78.9 Å². The Bertz CT molecular complexity index is 2800. The molecule has 0 saturated carbocycles. The highest BCUT2D eigenvalue weighted by Crippen LogP contribution is 2.63. The third kappa shape index (κ3) is 4.01. The zero-order valence-corrected chi connectivity index (χ0v) is 27.2. The maximum absolute atomic E-state index is 14.2. The Morgan fingerprint density at radius 2 is 0.942 bits per heavy atom. The summed E-state index contributed by atoms with van der Waals surface area (Å²) in [6.07, 6.45) is 0. The van der Waals surface area contributed by atoms with Gasteiger partial charge in [-0.25, -0.2) is 18.7 Å². The number of oxazole rings is 2. The van der Waals surface area contributed by atoms with Crippen molar-refractivity contribution in [2.75, 3.05) is 0 Å². The number of nitrogens with zero attached hydrogens (tertiary/aromatic N) is 2. The van der Waals surface area contributed by atoms with Crippen LogP contribution in [-0.2, 0) is 5.41 Å². The molecule has 5 nitrogen and oxygen atoms in total. The fourth-order valence-corrected chi connectivity index (χ4v) is 8.22. The van der Waals surface area contributed by atoms with E-state index in [4.69, 9.17) is 13.6 Å². The monoisotopic (exact) mass is 678 g/mol.